The Balaban J connectivity index is 1.24. The normalized spacial score (nSPS) is 21.6. The molecule has 5 rings (SSSR count). The van der Waals surface area contributed by atoms with Gasteiger partial charge in [-0.3, -0.25) is 14.5 Å². The minimum absolute atomic E-state index is 0.0484. The standard InChI is InChI=1S/C27H35N5O2/c33-26(18-20-4-1-2-5-20)31-16-12-22(13-17-31)21-7-9-24(10-8-21)32(25-6-3-14-29-30-25)27(34)23-11-15-28-19-23/h3,6-10,14,20,22-23,28H,1-2,4-5,11-13,15-19H2/t23-/m0/s1. The van der Waals surface area contributed by atoms with Crippen molar-refractivity contribution >= 4 is 23.3 Å². The summed E-state index contributed by atoms with van der Waals surface area (Å²) in [6.45, 7) is 3.25. The third-order valence-electron chi connectivity index (χ3n) is 7.83. The lowest BCUT2D eigenvalue weighted by Crippen LogP contribution is -2.38. The van der Waals surface area contributed by atoms with Crippen LogP contribution in [0.5, 0.6) is 0 Å². The third-order valence-corrected chi connectivity index (χ3v) is 7.83. The number of hydrogen-bond donors (Lipinski definition) is 1. The van der Waals surface area contributed by atoms with Gasteiger partial charge in [0.2, 0.25) is 11.8 Å². The maximum Gasteiger partial charge on any atom is 0.237 e. The lowest BCUT2D eigenvalue weighted by molar-refractivity contribution is -0.133. The van der Waals surface area contributed by atoms with Crippen molar-refractivity contribution < 1.29 is 9.59 Å². The molecule has 1 saturated carbocycles. The molecular formula is C27H35N5O2. The van der Waals surface area contributed by atoms with Crippen molar-refractivity contribution in [3.8, 4) is 0 Å². The number of hydrogen-bond acceptors (Lipinski definition) is 5. The van der Waals surface area contributed by atoms with Crippen LogP contribution in [-0.4, -0.2) is 53.1 Å². The van der Waals surface area contributed by atoms with Crippen LogP contribution >= 0.6 is 0 Å². The smallest absolute Gasteiger partial charge is 0.237 e. The molecule has 0 spiro atoms. The van der Waals surface area contributed by atoms with E-state index in [9.17, 15) is 9.59 Å². The first kappa shape index (κ1) is 23.0. The van der Waals surface area contributed by atoms with E-state index >= 15 is 0 Å². The first-order chi connectivity index (χ1) is 16.7. The average molecular weight is 462 g/mol. The van der Waals surface area contributed by atoms with E-state index in [2.05, 4.69) is 32.5 Å². The van der Waals surface area contributed by atoms with Crippen molar-refractivity contribution in [3.05, 3.63) is 48.2 Å². The maximum atomic E-state index is 13.3. The second kappa shape index (κ2) is 10.6. The first-order valence-corrected chi connectivity index (χ1v) is 12.9. The number of nitrogens with one attached hydrogen (secondary N) is 1. The van der Waals surface area contributed by atoms with Crippen molar-refractivity contribution in [1.82, 2.24) is 20.4 Å². The van der Waals surface area contributed by atoms with E-state index in [4.69, 9.17) is 0 Å². The Bertz CT molecular complexity index is 960. The minimum atomic E-state index is -0.0484. The van der Waals surface area contributed by atoms with Gasteiger partial charge in [-0.2, -0.15) is 5.10 Å². The topological polar surface area (TPSA) is 78.4 Å². The Labute approximate surface area is 201 Å². The molecule has 0 unspecified atom stereocenters. The second-order valence-corrected chi connectivity index (χ2v) is 10.0. The Morgan fingerprint density at radius 2 is 1.76 bits per heavy atom. The number of carbonyl (C=O) groups is 2. The molecule has 1 atom stereocenters. The quantitative estimate of drug-likeness (QED) is 0.703. The molecular weight excluding hydrogens is 426 g/mol. The lowest BCUT2D eigenvalue weighted by Gasteiger charge is -2.33. The highest BCUT2D eigenvalue weighted by Gasteiger charge is 2.31. The Morgan fingerprint density at radius 1 is 1.00 bits per heavy atom. The number of benzene rings is 1. The predicted octanol–water partition coefficient (Wildman–Crippen LogP) is 4.04. The van der Waals surface area contributed by atoms with Crippen molar-refractivity contribution in [1.29, 1.82) is 0 Å². The summed E-state index contributed by atoms with van der Waals surface area (Å²) in [5.74, 6) is 1.98. The van der Waals surface area contributed by atoms with Crippen LogP contribution in [-0.2, 0) is 9.59 Å². The largest absolute Gasteiger partial charge is 0.343 e. The zero-order valence-electron chi connectivity index (χ0n) is 19.9. The summed E-state index contributed by atoms with van der Waals surface area (Å²) in [6, 6.07) is 12.0. The van der Waals surface area contributed by atoms with Gasteiger partial charge in [-0.1, -0.05) is 25.0 Å². The van der Waals surface area contributed by atoms with E-state index in [-0.39, 0.29) is 11.8 Å². The molecule has 180 valence electrons. The van der Waals surface area contributed by atoms with E-state index in [1.807, 2.05) is 24.3 Å². The molecule has 7 heteroatoms. The molecule has 2 saturated heterocycles. The number of amides is 2. The van der Waals surface area contributed by atoms with E-state index < -0.39 is 0 Å². The summed E-state index contributed by atoms with van der Waals surface area (Å²) in [6.07, 6.45) is 10.2. The fourth-order valence-corrected chi connectivity index (χ4v) is 5.78. The van der Waals surface area contributed by atoms with Gasteiger partial charge in [-0.15, -0.1) is 5.10 Å². The molecule has 3 fully saturated rings. The van der Waals surface area contributed by atoms with E-state index in [0.29, 0.717) is 30.1 Å². The van der Waals surface area contributed by atoms with Gasteiger partial charge in [0.15, 0.2) is 5.82 Å². The monoisotopic (exact) mass is 461 g/mol. The highest BCUT2D eigenvalue weighted by Crippen LogP contribution is 2.33. The zero-order valence-corrected chi connectivity index (χ0v) is 19.9. The van der Waals surface area contributed by atoms with Gasteiger partial charge >= 0.3 is 0 Å². The predicted molar refractivity (Wildman–Crippen MR) is 132 cm³/mol. The molecule has 34 heavy (non-hydrogen) atoms. The summed E-state index contributed by atoms with van der Waals surface area (Å²) in [7, 11) is 0. The fraction of sp³-hybridized carbons (Fsp3) is 0.556. The minimum Gasteiger partial charge on any atom is -0.343 e. The summed E-state index contributed by atoms with van der Waals surface area (Å²) < 4.78 is 0. The van der Waals surface area contributed by atoms with Crippen LogP contribution < -0.4 is 10.2 Å². The van der Waals surface area contributed by atoms with Crippen molar-refractivity contribution in [3.63, 3.8) is 0 Å². The average Bonchev–Trinajstić information content (AvgIpc) is 3.60. The molecule has 3 heterocycles. The number of rotatable bonds is 6. The van der Waals surface area contributed by atoms with Crippen LogP contribution in [0.3, 0.4) is 0 Å². The molecule has 1 N–H and O–H groups in total. The molecule has 1 aromatic heterocycles. The molecule has 0 bridgehead atoms. The lowest BCUT2D eigenvalue weighted by atomic mass is 9.89. The number of nitrogens with zero attached hydrogens (tertiary/aromatic N) is 4. The third kappa shape index (κ3) is 5.14. The Kier molecular flexibility index (Phi) is 7.19. The number of aromatic nitrogens is 2. The summed E-state index contributed by atoms with van der Waals surface area (Å²) in [4.78, 5) is 29.8. The van der Waals surface area contributed by atoms with Crippen LogP contribution in [0.4, 0.5) is 11.5 Å². The fourth-order valence-electron chi connectivity index (χ4n) is 5.78. The Morgan fingerprint density at radius 3 is 2.41 bits per heavy atom. The highest BCUT2D eigenvalue weighted by atomic mass is 16.2. The van der Waals surface area contributed by atoms with Crippen molar-refractivity contribution in [2.24, 2.45) is 11.8 Å². The first-order valence-electron chi connectivity index (χ1n) is 12.9. The van der Waals surface area contributed by atoms with Crippen molar-refractivity contribution in [2.45, 2.75) is 57.3 Å². The maximum absolute atomic E-state index is 13.3. The molecule has 3 aliphatic rings. The van der Waals surface area contributed by atoms with Crippen LogP contribution in [0.1, 0.15) is 62.8 Å². The molecule has 2 aliphatic heterocycles. The summed E-state index contributed by atoms with van der Waals surface area (Å²) in [5.41, 5.74) is 2.10. The molecule has 0 radical (unpaired) electrons. The van der Waals surface area contributed by atoms with Crippen LogP contribution in [0.25, 0.3) is 0 Å². The number of likely N-dealkylation sites (tertiary alicyclic amines) is 1. The molecule has 2 amide bonds. The number of carbonyl (C=O) groups excluding carboxylic acids is 2. The van der Waals surface area contributed by atoms with Gasteiger partial charge in [0.05, 0.1) is 11.6 Å². The Hall–Kier alpha value is -2.80. The number of anilines is 2. The highest BCUT2D eigenvalue weighted by molar-refractivity contribution is 6.01. The zero-order chi connectivity index (χ0) is 23.3. The van der Waals surface area contributed by atoms with E-state index in [1.54, 1.807) is 11.1 Å². The molecule has 1 aromatic carbocycles. The SMILES string of the molecule is O=C(CC1CCCC1)N1CCC(c2ccc(N(C(=O)[C@H]3CCNC3)c3cccnn3)cc2)CC1. The van der Waals surface area contributed by atoms with E-state index in [1.165, 1.54) is 31.2 Å². The summed E-state index contributed by atoms with van der Waals surface area (Å²) in [5, 5.41) is 11.5. The van der Waals surface area contributed by atoms with Crippen LogP contribution in [0.15, 0.2) is 42.6 Å². The van der Waals surface area contributed by atoms with Gasteiger partial charge in [0, 0.05) is 32.3 Å². The summed E-state index contributed by atoms with van der Waals surface area (Å²) >= 11 is 0. The molecule has 1 aliphatic carbocycles. The van der Waals surface area contributed by atoms with Crippen LogP contribution in [0, 0.1) is 11.8 Å². The van der Waals surface area contributed by atoms with Crippen LogP contribution in [0.2, 0.25) is 0 Å². The molecule has 7 nitrogen and oxygen atoms in total. The van der Waals surface area contributed by atoms with Gasteiger partial charge < -0.3 is 10.2 Å². The van der Waals surface area contributed by atoms with Gasteiger partial charge in [0.25, 0.3) is 0 Å². The molecule has 2 aromatic rings. The second-order valence-electron chi connectivity index (χ2n) is 10.0. The van der Waals surface area contributed by atoms with Gasteiger partial charge in [-0.05, 0) is 80.3 Å². The van der Waals surface area contributed by atoms with E-state index in [0.717, 1.165) is 51.0 Å². The van der Waals surface area contributed by atoms with Crippen molar-refractivity contribution in [2.75, 3.05) is 31.1 Å². The van der Waals surface area contributed by atoms with Gasteiger partial charge in [0.1, 0.15) is 0 Å². The van der Waals surface area contributed by atoms with Gasteiger partial charge in [-0.25, -0.2) is 0 Å². The number of piperidine rings is 1.